The summed E-state index contributed by atoms with van der Waals surface area (Å²) in [6.45, 7) is 6.07. The van der Waals surface area contributed by atoms with Gasteiger partial charge in [0.15, 0.2) is 6.29 Å². The standard InChI is InChI=1S/C8H12N2O2/c1-8(2,3)10-4-6(5-11)9-7(10)12/h5H,4H2,1-3H3. The first-order valence-electron chi connectivity index (χ1n) is 3.79. The third-order valence-corrected chi connectivity index (χ3v) is 1.74. The number of rotatable bonds is 1. The number of hydrogen-bond donors (Lipinski definition) is 0. The average molecular weight is 168 g/mol. The molecule has 0 aromatic rings. The van der Waals surface area contributed by atoms with E-state index in [4.69, 9.17) is 0 Å². The highest BCUT2D eigenvalue weighted by Crippen LogP contribution is 2.17. The van der Waals surface area contributed by atoms with Crippen LogP contribution in [0.3, 0.4) is 0 Å². The summed E-state index contributed by atoms with van der Waals surface area (Å²) in [7, 11) is 0. The molecule has 0 spiro atoms. The molecule has 0 saturated carbocycles. The van der Waals surface area contributed by atoms with Crippen molar-refractivity contribution in [3.63, 3.8) is 0 Å². The number of aldehydes is 1. The molecule has 0 unspecified atom stereocenters. The monoisotopic (exact) mass is 168 g/mol. The normalized spacial score (nSPS) is 18.1. The van der Waals surface area contributed by atoms with Gasteiger partial charge in [-0.25, -0.2) is 4.79 Å². The zero-order chi connectivity index (χ0) is 9.35. The number of nitrogens with zero attached hydrogens (tertiary/aromatic N) is 2. The fourth-order valence-electron chi connectivity index (χ4n) is 1.04. The summed E-state index contributed by atoms with van der Waals surface area (Å²) >= 11 is 0. The highest BCUT2D eigenvalue weighted by atomic mass is 16.2. The van der Waals surface area contributed by atoms with Crippen LogP contribution in [0.15, 0.2) is 4.99 Å². The Morgan fingerprint density at radius 3 is 2.33 bits per heavy atom. The highest BCUT2D eigenvalue weighted by molar-refractivity contribution is 6.33. The van der Waals surface area contributed by atoms with Crippen LogP contribution in [0.2, 0.25) is 0 Å². The van der Waals surface area contributed by atoms with E-state index in [0.717, 1.165) is 0 Å². The van der Waals surface area contributed by atoms with Crippen molar-refractivity contribution in [2.45, 2.75) is 26.3 Å². The van der Waals surface area contributed by atoms with E-state index in [9.17, 15) is 9.59 Å². The predicted molar refractivity (Wildman–Crippen MR) is 45.4 cm³/mol. The Kier molecular flexibility index (Phi) is 2.00. The van der Waals surface area contributed by atoms with Crippen LogP contribution in [-0.4, -0.2) is 35.0 Å². The van der Waals surface area contributed by atoms with E-state index >= 15 is 0 Å². The van der Waals surface area contributed by atoms with Gasteiger partial charge in [-0.1, -0.05) is 0 Å². The topological polar surface area (TPSA) is 49.7 Å². The van der Waals surface area contributed by atoms with Gasteiger partial charge in [0.2, 0.25) is 0 Å². The summed E-state index contributed by atoms with van der Waals surface area (Å²) in [4.78, 5) is 26.6. The van der Waals surface area contributed by atoms with Crippen LogP contribution in [-0.2, 0) is 4.79 Å². The molecule has 0 radical (unpaired) electrons. The molecule has 0 atom stereocenters. The predicted octanol–water partition coefficient (Wildman–Crippen LogP) is 0.860. The maximum Gasteiger partial charge on any atom is 0.344 e. The first-order chi connectivity index (χ1) is 5.45. The quantitative estimate of drug-likeness (QED) is 0.545. The molecule has 0 fully saturated rings. The molecule has 1 aliphatic heterocycles. The van der Waals surface area contributed by atoms with Crippen LogP contribution in [0, 0.1) is 0 Å². The second kappa shape index (κ2) is 2.69. The number of carbonyl (C=O) groups excluding carboxylic acids is 2. The number of amides is 2. The maximum atomic E-state index is 11.2. The van der Waals surface area contributed by atoms with E-state index in [2.05, 4.69) is 4.99 Å². The van der Waals surface area contributed by atoms with Crippen LogP contribution in [0.5, 0.6) is 0 Å². The Bertz CT molecular complexity index is 250. The molecule has 4 heteroatoms. The van der Waals surface area contributed by atoms with Crippen molar-refractivity contribution in [1.29, 1.82) is 0 Å². The minimum absolute atomic E-state index is 0.259. The smallest absolute Gasteiger partial charge is 0.312 e. The second-order valence-electron chi connectivity index (χ2n) is 3.76. The lowest BCUT2D eigenvalue weighted by atomic mass is 10.1. The number of urea groups is 1. The maximum absolute atomic E-state index is 11.2. The lowest BCUT2D eigenvalue weighted by molar-refractivity contribution is -0.102. The van der Waals surface area contributed by atoms with Gasteiger partial charge in [-0.2, -0.15) is 4.99 Å². The van der Waals surface area contributed by atoms with Gasteiger partial charge in [-0.05, 0) is 20.8 Å². The molecule has 4 nitrogen and oxygen atoms in total. The number of carbonyl (C=O) groups is 2. The fraction of sp³-hybridized carbons (Fsp3) is 0.625. The largest absolute Gasteiger partial charge is 0.344 e. The zero-order valence-corrected chi connectivity index (χ0v) is 7.50. The molecule has 0 aliphatic carbocycles. The van der Waals surface area contributed by atoms with Crippen molar-refractivity contribution in [2.75, 3.05) is 6.54 Å². The molecule has 1 heterocycles. The highest BCUT2D eigenvalue weighted by Gasteiger charge is 2.31. The second-order valence-corrected chi connectivity index (χ2v) is 3.76. The molecular formula is C8H12N2O2. The van der Waals surface area contributed by atoms with E-state index < -0.39 is 0 Å². The molecule has 1 aliphatic rings. The molecule has 12 heavy (non-hydrogen) atoms. The molecule has 0 bridgehead atoms. The summed E-state index contributed by atoms with van der Waals surface area (Å²) in [5.74, 6) is 0. The zero-order valence-electron chi connectivity index (χ0n) is 7.50. The SMILES string of the molecule is CC(C)(C)N1CC(C=O)=NC1=O. The van der Waals surface area contributed by atoms with Crippen LogP contribution < -0.4 is 0 Å². The third kappa shape index (κ3) is 1.52. The van der Waals surface area contributed by atoms with Crippen molar-refractivity contribution in [1.82, 2.24) is 4.90 Å². The Hall–Kier alpha value is -1.19. The fourth-order valence-corrected chi connectivity index (χ4v) is 1.04. The lowest BCUT2D eigenvalue weighted by Crippen LogP contribution is -2.43. The van der Waals surface area contributed by atoms with Crippen LogP contribution in [0.4, 0.5) is 4.79 Å². The minimum Gasteiger partial charge on any atom is -0.312 e. The Labute approximate surface area is 71.3 Å². The van der Waals surface area contributed by atoms with Gasteiger partial charge in [0.05, 0.1) is 6.54 Å². The summed E-state index contributed by atoms with van der Waals surface area (Å²) < 4.78 is 0. The number of hydrogen-bond acceptors (Lipinski definition) is 2. The van der Waals surface area contributed by atoms with E-state index in [1.165, 1.54) is 0 Å². The van der Waals surface area contributed by atoms with Gasteiger partial charge in [-0.3, -0.25) is 4.79 Å². The van der Waals surface area contributed by atoms with E-state index in [1.54, 1.807) is 4.90 Å². The van der Waals surface area contributed by atoms with Crippen LogP contribution >= 0.6 is 0 Å². The molecule has 0 aromatic heterocycles. The van der Waals surface area contributed by atoms with Crippen molar-refractivity contribution < 1.29 is 9.59 Å². The van der Waals surface area contributed by atoms with Crippen molar-refractivity contribution in [3.05, 3.63) is 0 Å². The van der Waals surface area contributed by atoms with Crippen molar-refractivity contribution in [3.8, 4) is 0 Å². The molecular weight excluding hydrogens is 156 g/mol. The summed E-state index contributed by atoms with van der Waals surface area (Å²) in [5, 5.41) is 0. The van der Waals surface area contributed by atoms with Crippen LogP contribution in [0.1, 0.15) is 20.8 Å². The van der Waals surface area contributed by atoms with Gasteiger partial charge in [0, 0.05) is 5.54 Å². The minimum atomic E-state index is -0.315. The molecule has 2 amide bonds. The molecule has 0 aromatic carbocycles. The van der Waals surface area contributed by atoms with Crippen LogP contribution in [0.25, 0.3) is 0 Å². The van der Waals surface area contributed by atoms with Gasteiger partial charge in [0.25, 0.3) is 0 Å². The summed E-state index contributed by atoms with van der Waals surface area (Å²) in [6, 6.07) is -0.315. The number of aliphatic imine (C=N–C) groups is 1. The molecule has 66 valence electrons. The molecule has 0 saturated heterocycles. The van der Waals surface area contributed by atoms with Gasteiger partial charge < -0.3 is 4.90 Å². The van der Waals surface area contributed by atoms with Gasteiger partial charge in [0.1, 0.15) is 5.71 Å². The lowest BCUT2D eigenvalue weighted by Gasteiger charge is -2.30. The van der Waals surface area contributed by atoms with E-state index in [-0.39, 0.29) is 11.6 Å². The molecule has 0 N–H and O–H groups in total. The summed E-state index contributed by atoms with van der Waals surface area (Å²) in [6.07, 6.45) is 0.629. The average Bonchev–Trinajstić information content (AvgIpc) is 2.29. The van der Waals surface area contributed by atoms with Crippen molar-refractivity contribution in [2.24, 2.45) is 4.99 Å². The van der Waals surface area contributed by atoms with Gasteiger partial charge in [-0.15, -0.1) is 0 Å². The Morgan fingerprint density at radius 2 is 2.08 bits per heavy atom. The van der Waals surface area contributed by atoms with E-state index in [0.29, 0.717) is 18.5 Å². The van der Waals surface area contributed by atoms with E-state index in [1.807, 2.05) is 20.8 Å². The Balaban J connectivity index is 2.79. The first kappa shape index (κ1) is 8.90. The van der Waals surface area contributed by atoms with Crippen molar-refractivity contribution >= 4 is 18.0 Å². The third-order valence-electron chi connectivity index (χ3n) is 1.74. The van der Waals surface area contributed by atoms with Gasteiger partial charge >= 0.3 is 6.03 Å². The summed E-state index contributed by atoms with van der Waals surface area (Å²) in [5.41, 5.74) is 0.0562. The first-order valence-corrected chi connectivity index (χ1v) is 3.79. The molecule has 1 rings (SSSR count). The Morgan fingerprint density at radius 1 is 1.50 bits per heavy atom.